The van der Waals surface area contributed by atoms with Gasteiger partial charge in [0.1, 0.15) is 0 Å². The second kappa shape index (κ2) is 4.37. The molecule has 96 valence electrons. The molecule has 0 fully saturated rings. The Kier molecular flexibility index (Phi) is 3.16. The van der Waals surface area contributed by atoms with Crippen molar-refractivity contribution in [2.24, 2.45) is 0 Å². The van der Waals surface area contributed by atoms with Crippen molar-refractivity contribution in [1.82, 2.24) is 9.78 Å². The first-order chi connectivity index (χ1) is 8.28. The van der Waals surface area contributed by atoms with Crippen LogP contribution in [0.1, 0.15) is 24.3 Å². The second-order valence-corrected chi connectivity index (χ2v) is 5.70. The molecule has 6 heteroatoms. The summed E-state index contributed by atoms with van der Waals surface area (Å²) in [5.41, 5.74) is -0.268. The normalized spacial score (nSPS) is 12.0. The summed E-state index contributed by atoms with van der Waals surface area (Å²) in [6.45, 7) is 3.54. The molecule has 5 nitrogen and oxygen atoms in total. The van der Waals surface area contributed by atoms with Gasteiger partial charge in [0.2, 0.25) is 0 Å². The van der Waals surface area contributed by atoms with E-state index in [0.29, 0.717) is 10.9 Å². The third-order valence-electron chi connectivity index (χ3n) is 2.45. The van der Waals surface area contributed by atoms with Crippen molar-refractivity contribution < 1.29 is 15.0 Å². The molecule has 2 N–H and O–H groups in total. The number of nitrogens with zero attached hydrogens (tertiary/aromatic N) is 2. The highest BCUT2D eigenvalue weighted by Gasteiger charge is 2.21. The molecule has 0 aliphatic carbocycles. The molecule has 0 spiro atoms. The average Bonchev–Trinajstić information content (AvgIpc) is 2.54. The number of rotatable bonds is 3. The van der Waals surface area contributed by atoms with Crippen molar-refractivity contribution in [1.29, 1.82) is 0 Å². The van der Waals surface area contributed by atoms with Gasteiger partial charge in [-0.25, -0.2) is 4.79 Å². The second-order valence-electron chi connectivity index (χ2n) is 4.79. The largest absolute Gasteiger partial charge is 0.476 e. The molecule has 1 aromatic carbocycles. The number of carbonyl (C=O) groups is 1. The maximum Gasteiger partial charge on any atom is 0.357 e. The molecule has 0 bridgehead atoms. The zero-order valence-corrected chi connectivity index (χ0v) is 11.6. The Morgan fingerprint density at radius 2 is 2.17 bits per heavy atom. The van der Waals surface area contributed by atoms with Crippen LogP contribution in [0.15, 0.2) is 22.7 Å². The third kappa shape index (κ3) is 2.54. The molecule has 0 saturated heterocycles. The van der Waals surface area contributed by atoms with Crippen LogP contribution in [-0.2, 0) is 6.54 Å². The SMILES string of the molecule is CC(C)(O)Cn1nc(C(=O)O)c2cc(Br)ccc21. The lowest BCUT2D eigenvalue weighted by Gasteiger charge is -2.17. The van der Waals surface area contributed by atoms with Gasteiger partial charge < -0.3 is 10.2 Å². The van der Waals surface area contributed by atoms with Crippen LogP contribution in [0.25, 0.3) is 10.9 Å². The maximum absolute atomic E-state index is 11.2. The van der Waals surface area contributed by atoms with E-state index in [1.165, 1.54) is 4.68 Å². The number of aromatic carboxylic acids is 1. The molecule has 1 aromatic heterocycles. The molecule has 2 aromatic rings. The van der Waals surface area contributed by atoms with E-state index in [9.17, 15) is 9.90 Å². The molecular formula is C12H13BrN2O3. The van der Waals surface area contributed by atoms with E-state index >= 15 is 0 Å². The Morgan fingerprint density at radius 1 is 1.50 bits per heavy atom. The van der Waals surface area contributed by atoms with Gasteiger partial charge in [-0.1, -0.05) is 15.9 Å². The molecule has 0 amide bonds. The summed E-state index contributed by atoms with van der Waals surface area (Å²) in [5.74, 6) is -1.08. The van der Waals surface area contributed by atoms with Crippen LogP contribution in [-0.4, -0.2) is 31.6 Å². The van der Waals surface area contributed by atoms with Crippen molar-refractivity contribution in [3.05, 3.63) is 28.4 Å². The van der Waals surface area contributed by atoms with Gasteiger partial charge >= 0.3 is 5.97 Å². The predicted octanol–water partition coefficient (Wildman–Crippen LogP) is 2.27. The van der Waals surface area contributed by atoms with Crippen molar-refractivity contribution in [3.8, 4) is 0 Å². The highest BCUT2D eigenvalue weighted by molar-refractivity contribution is 9.10. The molecule has 0 atom stereocenters. The summed E-state index contributed by atoms with van der Waals surface area (Å²) in [6.07, 6.45) is 0. The van der Waals surface area contributed by atoms with E-state index in [-0.39, 0.29) is 12.2 Å². The lowest BCUT2D eigenvalue weighted by atomic mass is 10.1. The first-order valence-electron chi connectivity index (χ1n) is 5.40. The van der Waals surface area contributed by atoms with Crippen LogP contribution in [0.5, 0.6) is 0 Å². The number of halogens is 1. The fourth-order valence-corrected chi connectivity index (χ4v) is 2.16. The smallest absolute Gasteiger partial charge is 0.357 e. The standard InChI is InChI=1S/C12H13BrN2O3/c1-12(2,18)6-15-9-4-3-7(13)5-8(9)10(14-15)11(16)17/h3-5,18H,6H2,1-2H3,(H,16,17). The fourth-order valence-electron chi connectivity index (χ4n) is 1.80. The minimum Gasteiger partial charge on any atom is -0.476 e. The van der Waals surface area contributed by atoms with E-state index in [4.69, 9.17) is 5.11 Å². The highest BCUT2D eigenvalue weighted by atomic mass is 79.9. The monoisotopic (exact) mass is 312 g/mol. The summed E-state index contributed by atoms with van der Waals surface area (Å²) in [6, 6.07) is 5.31. The van der Waals surface area contributed by atoms with Crippen molar-refractivity contribution in [2.45, 2.75) is 26.0 Å². The number of benzene rings is 1. The first-order valence-corrected chi connectivity index (χ1v) is 6.19. The number of hydrogen-bond donors (Lipinski definition) is 2. The van der Waals surface area contributed by atoms with Crippen LogP contribution in [0.2, 0.25) is 0 Å². The maximum atomic E-state index is 11.2. The quantitative estimate of drug-likeness (QED) is 0.911. The third-order valence-corrected chi connectivity index (χ3v) is 2.95. The summed E-state index contributed by atoms with van der Waals surface area (Å²) in [5, 5.41) is 23.6. The van der Waals surface area contributed by atoms with Gasteiger partial charge in [0.25, 0.3) is 0 Å². The summed E-state index contributed by atoms with van der Waals surface area (Å²) in [7, 11) is 0. The van der Waals surface area contributed by atoms with Gasteiger partial charge in [-0.15, -0.1) is 0 Å². The molecule has 18 heavy (non-hydrogen) atoms. The van der Waals surface area contributed by atoms with Crippen molar-refractivity contribution in [3.63, 3.8) is 0 Å². The van der Waals surface area contributed by atoms with E-state index in [1.807, 2.05) is 6.07 Å². The number of carboxylic acids is 1. The molecule has 1 heterocycles. The Hall–Kier alpha value is -1.40. The van der Waals surface area contributed by atoms with Crippen molar-refractivity contribution >= 4 is 32.8 Å². The van der Waals surface area contributed by atoms with E-state index in [2.05, 4.69) is 21.0 Å². The number of aromatic nitrogens is 2. The average molecular weight is 313 g/mol. The first kappa shape index (κ1) is 13.0. The van der Waals surface area contributed by atoms with Gasteiger partial charge in [-0.3, -0.25) is 4.68 Å². The summed E-state index contributed by atoms with van der Waals surface area (Å²) in [4.78, 5) is 11.2. The Morgan fingerprint density at radius 3 is 2.72 bits per heavy atom. The fraction of sp³-hybridized carbons (Fsp3) is 0.333. The molecule has 0 aliphatic heterocycles. The Labute approximate surface area is 112 Å². The number of carboxylic acid groups (broad SMARTS) is 1. The molecule has 0 saturated carbocycles. The van der Waals surface area contributed by atoms with Crippen LogP contribution in [0, 0.1) is 0 Å². The van der Waals surface area contributed by atoms with Crippen molar-refractivity contribution in [2.75, 3.05) is 0 Å². The highest BCUT2D eigenvalue weighted by Crippen LogP contribution is 2.24. The minimum atomic E-state index is -1.08. The number of hydrogen-bond acceptors (Lipinski definition) is 3. The Balaban J connectivity index is 2.65. The predicted molar refractivity (Wildman–Crippen MR) is 70.7 cm³/mol. The number of fused-ring (bicyclic) bond motifs is 1. The van der Waals surface area contributed by atoms with E-state index in [0.717, 1.165) is 4.47 Å². The van der Waals surface area contributed by atoms with Gasteiger partial charge in [0.05, 0.1) is 17.7 Å². The minimum absolute atomic E-state index is 0.00412. The van der Waals surface area contributed by atoms with E-state index in [1.54, 1.807) is 26.0 Å². The topological polar surface area (TPSA) is 75.3 Å². The molecular weight excluding hydrogens is 300 g/mol. The molecule has 0 aliphatic rings. The number of aliphatic hydroxyl groups is 1. The van der Waals surface area contributed by atoms with Crippen LogP contribution in [0.4, 0.5) is 0 Å². The van der Waals surface area contributed by atoms with Gasteiger partial charge in [0, 0.05) is 9.86 Å². The Bertz CT molecular complexity index is 614. The van der Waals surface area contributed by atoms with E-state index < -0.39 is 11.6 Å². The zero-order valence-electron chi connectivity index (χ0n) is 10.0. The molecule has 0 radical (unpaired) electrons. The zero-order chi connectivity index (χ0) is 13.5. The van der Waals surface area contributed by atoms with Gasteiger partial charge in [0.15, 0.2) is 5.69 Å². The van der Waals surface area contributed by atoms with Gasteiger partial charge in [-0.2, -0.15) is 5.10 Å². The van der Waals surface area contributed by atoms with Crippen LogP contribution >= 0.6 is 15.9 Å². The van der Waals surface area contributed by atoms with Crippen LogP contribution < -0.4 is 0 Å². The summed E-state index contributed by atoms with van der Waals surface area (Å²) < 4.78 is 2.31. The van der Waals surface area contributed by atoms with Gasteiger partial charge in [-0.05, 0) is 32.0 Å². The lowest BCUT2D eigenvalue weighted by molar-refractivity contribution is 0.0576. The summed E-state index contributed by atoms with van der Waals surface area (Å²) >= 11 is 3.31. The van der Waals surface area contributed by atoms with Crippen LogP contribution in [0.3, 0.4) is 0 Å². The lowest BCUT2D eigenvalue weighted by Crippen LogP contribution is -2.26. The molecule has 2 rings (SSSR count). The molecule has 0 unspecified atom stereocenters.